The van der Waals surface area contributed by atoms with E-state index in [0.29, 0.717) is 12.8 Å². The van der Waals surface area contributed by atoms with Crippen LogP contribution in [-0.2, 0) is 9.59 Å². The highest BCUT2D eigenvalue weighted by molar-refractivity contribution is 5.97. The lowest BCUT2D eigenvalue weighted by Crippen LogP contribution is -2.41. The predicted molar refractivity (Wildman–Crippen MR) is 77.7 cm³/mol. The first-order valence-corrected chi connectivity index (χ1v) is 7.08. The molecule has 0 bridgehead atoms. The van der Waals surface area contributed by atoms with E-state index in [9.17, 15) is 14.7 Å². The zero-order valence-electron chi connectivity index (χ0n) is 12.0. The van der Waals surface area contributed by atoms with Crippen molar-refractivity contribution in [2.75, 3.05) is 11.9 Å². The highest BCUT2D eigenvalue weighted by atomic mass is 16.4. The zero-order valence-corrected chi connectivity index (χ0v) is 12.0. The summed E-state index contributed by atoms with van der Waals surface area (Å²) in [6, 6.07) is 7.67. The summed E-state index contributed by atoms with van der Waals surface area (Å²) >= 11 is 0. The van der Waals surface area contributed by atoms with Crippen LogP contribution in [0.2, 0.25) is 0 Å². The number of carbonyl (C=O) groups excluding carboxylic acids is 1. The molecule has 1 aromatic rings. The molecule has 1 N–H and O–H groups in total. The summed E-state index contributed by atoms with van der Waals surface area (Å²) in [4.78, 5) is 25.6. The van der Waals surface area contributed by atoms with Crippen molar-refractivity contribution < 1.29 is 14.7 Å². The van der Waals surface area contributed by atoms with Gasteiger partial charge in [0.15, 0.2) is 0 Å². The van der Waals surface area contributed by atoms with Gasteiger partial charge in [-0.1, -0.05) is 31.0 Å². The van der Waals surface area contributed by atoms with E-state index in [1.165, 1.54) is 0 Å². The summed E-state index contributed by atoms with van der Waals surface area (Å²) in [5.74, 6) is -1.86. The fourth-order valence-electron chi connectivity index (χ4n) is 3.03. The summed E-state index contributed by atoms with van der Waals surface area (Å²) in [5.41, 5.74) is 1.87. The third-order valence-corrected chi connectivity index (χ3v) is 4.21. The Hall–Kier alpha value is -1.84. The van der Waals surface area contributed by atoms with Crippen LogP contribution in [0, 0.1) is 18.8 Å². The number of hydrogen-bond acceptors (Lipinski definition) is 2. The number of aryl methyl sites for hydroxylation is 1. The maximum Gasteiger partial charge on any atom is 0.307 e. The minimum Gasteiger partial charge on any atom is -0.481 e. The van der Waals surface area contributed by atoms with Gasteiger partial charge in [0.25, 0.3) is 0 Å². The summed E-state index contributed by atoms with van der Waals surface area (Å²) < 4.78 is 0. The van der Waals surface area contributed by atoms with Gasteiger partial charge in [0.1, 0.15) is 0 Å². The number of carboxylic acid groups (broad SMARTS) is 1. The van der Waals surface area contributed by atoms with Gasteiger partial charge in [-0.15, -0.1) is 0 Å². The standard InChI is InChI=1S/C16H21NO3/c1-11-7-3-6-10-14(11)17(2)15(18)12-8-4-5-9-13(12)16(19)20/h3,6-7,10,12-13H,4-5,8-9H2,1-2H3,(H,19,20). The molecule has 0 radical (unpaired) electrons. The van der Waals surface area contributed by atoms with Gasteiger partial charge in [-0.3, -0.25) is 9.59 Å². The van der Waals surface area contributed by atoms with Crippen molar-refractivity contribution in [3.63, 3.8) is 0 Å². The van der Waals surface area contributed by atoms with Crippen LogP contribution in [0.25, 0.3) is 0 Å². The third-order valence-electron chi connectivity index (χ3n) is 4.21. The quantitative estimate of drug-likeness (QED) is 0.922. The molecule has 108 valence electrons. The normalized spacial score (nSPS) is 22.3. The minimum absolute atomic E-state index is 0.0774. The van der Waals surface area contributed by atoms with E-state index in [4.69, 9.17) is 0 Å². The molecule has 0 aromatic heterocycles. The van der Waals surface area contributed by atoms with Crippen molar-refractivity contribution >= 4 is 17.6 Å². The second kappa shape index (κ2) is 6.07. The van der Waals surface area contributed by atoms with Gasteiger partial charge in [-0.05, 0) is 31.4 Å². The van der Waals surface area contributed by atoms with Crippen LogP contribution in [0.4, 0.5) is 5.69 Å². The molecule has 20 heavy (non-hydrogen) atoms. The Morgan fingerprint density at radius 3 is 2.35 bits per heavy atom. The second-order valence-electron chi connectivity index (χ2n) is 5.52. The van der Waals surface area contributed by atoms with Crippen LogP contribution in [-0.4, -0.2) is 24.0 Å². The van der Waals surface area contributed by atoms with Crippen molar-refractivity contribution in [1.82, 2.24) is 0 Å². The van der Waals surface area contributed by atoms with Gasteiger partial charge in [0, 0.05) is 12.7 Å². The molecule has 1 aliphatic carbocycles. The molecule has 1 amide bonds. The Balaban J connectivity index is 2.21. The molecule has 1 aromatic carbocycles. The number of nitrogens with zero attached hydrogens (tertiary/aromatic N) is 1. The number of amides is 1. The molecule has 2 rings (SSSR count). The Bertz CT molecular complexity index is 512. The van der Waals surface area contributed by atoms with Gasteiger partial charge in [-0.25, -0.2) is 0 Å². The number of anilines is 1. The largest absolute Gasteiger partial charge is 0.481 e. The number of hydrogen-bond donors (Lipinski definition) is 1. The lowest BCUT2D eigenvalue weighted by molar-refractivity contribution is -0.148. The van der Waals surface area contributed by atoms with Crippen LogP contribution in [0.5, 0.6) is 0 Å². The lowest BCUT2D eigenvalue weighted by atomic mass is 9.78. The van der Waals surface area contributed by atoms with Crippen molar-refractivity contribution in [3.8, 4) is 0 Å². The van der Waals surface area contributed by atoms with E-state index in [-0.39, 0.29) is 5.91 Å². The third kappa shape index (κ3) is 2.84. The van der Waals surface area contributed by atoms with E-state index < -0.39 is 17.8 Å². The number of carbonyl (C=O) groups is 2. The summed E-state index contributed by atoms with van der Waals surface area (Å²) in [5, 5.41) is 9.29. The van der Waals surface area contributed by atoms with Crippen LogP contribution >= 0.6 is 0 Å². The lowest BCUT2D eigenvalue weighted by Gasteiger charge is -2.31. The predicted octanol–water partition coefficient (Wildman–Crippen LogP) is 2.85. The molecule has 0 aliphatic heterocycles. The summed E-state index contributed by atoms with van der Waals surface area (Å²) in [6.45, 7) is 1.95. The van der Waals surface area contributed by atoms with Crippen molar-refractivity contribution in [2.45, 2.75) is 32.6 Å². The van der Waals surface area contributed by atoms with Gasteiger partial charge < -0.3 is 10.0 Å². The van der Waals surface area contributed by atoms with Gasteiger partial charge in [0.05, 0.1) is 11.8 Å². The number of carboxylic acids is 1. The van der Waals surface area contributed by atoms with Crippen LogP contribution in [0.1, 0.15) is 31.2 Å². The molecule has 4 nitrogen and oxygen atoms in total. The molecule has 1 saturated carbocycles. The van der Waals surface area contributed by atoms with Gasteiger partial charge >= 0.3 is 5.97 Å². The Morgan fingerprint density at radius 2 is 1.75 bits per heavy atom. The molecule has 2 atom stereocenters. The molecule has 0 saturated heterocycles. The first-order chi connectivity index (χ1) is 9.52. The molecule has 4 heteroatoms. The average Bonchev–Trinajstić information content (AvgIpc) is 2.46. The molecule has 0 spiro atoms. The molecule has 1 fully saturated rings. The van der Waals surface area contributed by atoms with E-state index in [1.807, 2.05) is 31.2 Å². The minimum atomic E-state index is -0.846. The molecule has 0 heterocycles. The highest BCUT2D eigenvalue weighted by Gasteiger charge is 2.37. The van der Waals surface area contributed by atoms with Crippen molar-refractivity contribution in [1.29, 1.82) is 0 Å². The maximum absolute atomic E-state index is 12.6. The number of aliphatic carboxylic acids is 1. The number of rotatable bonds is 3. The second-order valence-corrected chi connectivity index (χ2v) is 5.52. The Labute approximate surface area is 119 Å². The smallest absolute Gasteiger partial charge is 0.307 e. The zero-order chi connectivity index (χ0) is 14.7. The molecular formula is C16H21NO3. The molecule has 2 unspecified atom stereocenters. The monoisotopic (exact) mass is 275 g/mol. The topological polar surface area (TPSA) is 57.6 Å². The summed E-state index contributed by atoms with van der Waals surface area (Å²) in [6.07, 6.45) is 3.11. The van der Waals surface area contributed by atoms with E-state index in [1.54, 1.807) is 11.9 Å². The van der Waals surface area contributed by atoms with Crippen molar-refractivity contribution in [2.24, 2.45) is 11.8 Å². The highest BCUT2D eigenvalue weighted by Crippen LogP contribution is 2.33. The van der Waals surface area contributed by atoms with E-state index >= 15 is 0 Å². The summed E-state index contributed by atoms with van der Waals surface area (Å²) in [7, 11) is 1.73. The first-order valence-electron chi connectivity index (χ1n) is 7.08. The first kappa shape index (κ1) is 14.6. The van der Waals surface area contributed by atoms with Gasteiger partial charge in [0.2, 0.25) is 5.91 Å². The van der Waals surface area contributed by atoms with Crippen LogP contribution < -0.4 is 4.90 Å². The SMILES string of the molecule is Cc1ccccc1N(C)C(=O)C1CCCCC1C(=O)O. The fourth-order valence-corrected chi connectivity index (χ4v) is 3.03. The van der Waals surface area contributed by atoms with Gasteiger partial charge in [-0.2, -0.15) is 0 Å². The Morgan fingerprint density at radius 1 is 1.15 bits per heavy atom. The van der Waals surface area contributed by atoms with E-state index in [2.05, 4.69) is 0 Å². The number of benzene rings is 1. The van der Waals surface area contributed by atoms with E-state index in [0.717, 1.165) is 24.1 Å². The molecule has 1 aliphatic rings. The number of para-hydroxylation sites is 1. The fraction of sp³-hybridized carbons (Fsp3) is 0.500. The van der Waals surface area contributed by atoms with Crippen LogP contribution in [0.15, 0.2) is 24.3 Å². The van der Waals surface area contributed by atoms with Crippen molar-refractivity contribution in [3.05, 3.63) is 29.8 Å². The molecular weight excluding hydrogens is 254 g/mol. The average molecular weight is 275 g/mol. The van der Waals surface area contributed by atoms with Crippen LogP contribution in [0.3, 0.4) is 0 Å². The maximum atomic E-state index is 12.6. The Kier molecular flexibility index (Phi) is 4.42.